The van der Waals surface area contributed by atoms with Crippen LogP contribution in [0, 0.1) is 0 Å². The molecule has 0 aliphatic carbocycles. The monoisotopic (exact) mass is 528 g/mol. The molecule has 1 aliphatic heterocycles. The van der Waals surface area contributed by atoms with Crippen LogP contribution in [-0.4, -0.2) is 11.7 Å². The van der Waals surface area contributed by atoms with Crippen molar-refractivity contribution >= 4 is 37.6 Å². The van der Waals surface area contributed by atoms with Crippen molar-refractivity contribution in [3.05, 3.63) is 98.4 Å². The Kier molecular flexibility index (Phi) is 6.46. The number of phenolic OH excluding ortho intramolecular Hbond substituents is 1. The molecule has 1 aliphatic rings. The zero-order chi connectivity index (χ0) is 21.1. The zero-order valence-corrected chi connectivity index (χ0v) is 19.6. The van der Waals surface area contributed by atoms with Gasteiger partial charge in [-0.2, -0.15) is 0 Å². The molecular weight excluding hydrogens is 508 g/mol. The van der Waals surface area contributed by atoms with Crippen LogP contribution in [0.15, 0.2) is 81.8 Å². The second-order valence-corrected chi connectivity index (χ2v) is 8.82. The van der Waals surface area contributed by atoms with Crippen molar-refractivity contribution in [2.75, 3.05) is 6.61 Å². The molecule has 30 heavy (non-hydrogen) atoms. The topological polar surface area (TPSA) is 53.5 Å². The number of aromatic hydroxyl groups is 1. The second kappa shape index (κ2) is 9.25. The van der Waals surface area contributed by atoms with Crippen LogP contribution in [0.5, 0.6) is 11.5 Å². The van der Waals surface area contributed by atoms with Crippen LogP contribution in [0.4, 0.5) is 0 Å². The molecule has 6 heteroatoms. The molecule has 154 valence electrons. The quantitative estimate of drug-likeness (QED) is 0.363. The summed E-state index contributed by atoms with van der Waals surface area (Å²) in [7, 11) is 0. The van der Waals surface area contributed by atoms with E-state index in [1.807, 2.05) is 43.3 Å². The Hall–Kier alpha value is -2.28. The largest absolute Gasteiger partial charge is 0.504 e. The van der Waals surface area contributed by atoms with Gasteiger partial charge < -0.3 is 15.2 Å². The minimum absolute atomic E-state index is 0.128. The van der Waals surface area contributed by atoms with Crippen LogP contribution in [-0.2, 0) is 0 Å². The molecule has 3 N–H and O–H groups in total. The number of para-hydroxylation sites is 1. The van der Waals surface area contributed by atoms with Gasteiger partial charge in [-0.05, 0) is 54.5 Å². The Morgan fingerprint density at radius 2 is 1.73 bits per heavy atom. The Bertz CT molecular complexity index is 1070. The van der Waals surface area contributed by atoms with E-state index in [9.17, 15) is 5.11 Å². The summed E-state index contributed by atoms with van der Waals surface area (Å²) in [5.41, 5.74) is 3.94. The van der Waals surface area contributed by atoms with Crippen LogP contribution in [0.1, 0.15) is 35.8 Å². The van der Waals surface area contributed by atoms with E-state index in [0.717, 1.165) is 31.3 Å². The summed E-state index contributed by atoms with van der Waals surface area (Å²) >= 11 is 7.07. The van der Waals surface area contributed by atoms with Gasteiger partial charge >= 0.3 is 0 Å². The summed E-state index contributed by atoms with van der Waals surface area (Å²) in [5.74, 6) is 0.658. The van der Waals surface area contributed by atoms with Gasteiger partial charge in [-0.25, -0.2) is 0 Å². The van der Waals surface area contributed by atoms with Gasteiger partial charge in [0.15, 0.2) is 11.5 Å². The summed E-state index contributed by atoms with van der Waals surface area (Å²) < 4.78 is 7.64. The molecule has 3 aromatic rings. The van der Waals surface area contributed by atoms with E-state index in [1.54, 1.807) is 6.07 Å². The van der Waals surface area contributed by atoms with Crippen molar-refractivity contribution in [3.63, 3.8) is 0 Å². The van der Waals surface area contributed by atoms with Crippen LogP contribution >= 0.6 is 31.9 Å². The number of hydrogen-bond donors (Lipinski definition) is 3. The van der Waals surface area contributed by atoms with Gasteiger partial charge in [0.2, 0.25) is 0 Å². The summed E-state index contributed by atoms with van der Waals surface area (Å²) in [4.78, 5) is 0. The number of nitrogens with one attached hydrogen (secondary N) is 2. The molecule has 0 aromatic heterocycles. The molecule has 4 rings (SSSR count). The molecule has 1 heterocycles. The highest BCUT2D eigenvalue weighted by Gasteiger charge is 2.26. The molecule has 0 spiro atoms. The predicted molar refractivity (Wildman–Crippen MR) is 127 cm³/mol. The van der Waals surface area contributed by atoms with E-state index in [1.165, 1.54) is 0 Å². The van der Waals surface area contributed by atoms with Gasteiger partial charge in [0.1, 0.15) is 6.17 Å². The maximum absolute atomic E-state index is 10.8. The summed E-state index contributed by atoms with van der Waals surface area (Å²) in [5, 5.41) is 18.0. The fraction of sp³-hybridized carbons (Fsp3) is 0.167. The number of ether oxygens (including phenoxy) is 1. The first-order chi connectivity index (χ1) is 14.5. The smallest absolute Gasteiger partial charge is 0.162 e. The molecule has 0 radical (unpaired) electrons. The van der Waals surface area contributed by atoms with Gasteiger partial charge in [-0.15, -0.1) is 0 Å². The lowest BCUT2D eigenvalue weighted by Crippen LogP contribution is -2.39. The van der Waals surface area contributed by atoms with E-state index >= 15 is 0 Å². The highest BCUT2D eigenvalue weighted by Crippen LogP contribution is 2.38. The van der Waals surface area contributed by atoms with Crippen LogP contribution in [0.25, 0.3) is 5.70 Å². The number of rotatable bonds is 5. The molecule has 4 nitrogen and oxygen atoms in total. The molecule has 0 saturated carbocycles. The third kappa shape index (κ3) is 4.56. The Morgan fingerprint density at radius 1 is 0.967 bits per heavy atom. The summed E-state index contributed by atoms with van der Waals surface area (Å²) in [6.45, 7) is 2.40. The van der Waals surface area contributed by atoms with Crippen molar-refractivity contribution in [1.82, 2.24) is 10.6 Å². The number of benzene rings is 3. The average molecular weight is 530 g/mol. The lowest BCUT2D eigenvalue weighted by Gasteiger charge is -2.33. The molecule has 2 atom stereocenters. The SMILES string of the molecule is CCOc1cccc(C2C=C(c3cccc(Br)c3)NC(c3ccc(Br)cc3)N2)c1O. The molecular formula is C24H22Br2N2O2. The lowest BCUT2D eigenvalue weighted by atomic mass is 9.97. The molecule has 0 bridgehead atoms. The Morgan fingerprint density at radius 3 is 2.47 bits per heavy atom. The van der Waals surface area contributed by atoms with Crippen molar-refractivity contribution in [2.24, 2.45) is 0 Å². The van der Waals surface area contributed by atoms with Crippen molar-refractivity contribution in [1.29, 1.82) is 0 Å². The number of phenols is 1. The predicted octanol–water partition coefficient (Wildman–Crippen LogP) is 6.29. The van der Waals surface area contributed by atoms with E-state index in [4.69, 9.17) is 4.74 Å². The molecule has 0 amide bonds. The fourth-order valence-electron chi connectivity index (χ4n) is 3.55. The highest BCUT2D eigenvalue weighted by molar-refractivity contribution is 9.10. The van der Waals surface area contributed by atoms with Gasteiger partial charge in [-0.1, -0.05) is 68.3 Å². The van der Waals surface area contributed by atoms with Gasteiger partial charge in [0.05, 0.1) is 12.6 Å². The first kappa shape index (κ1) is 21.0. The standard InChI is InChI=1S/C24H22Br2N2O2/c1-2-30-22-8-4-7-19(23(22)29)21-14-20(16-5-3-6-18(26)13-16)27-24(28-21)15-9-11-17(25)12-10-15/h3-14,21,24,27-29H,2H2,1H3. The van der Waals surface area contributed by atoms with Gasteiger partial charge in [-0.3, -0.25) is 5.32 Å². The van der Waals surface area contributed by atoms with Crippen molar-refractivity contribution in [2.45, 2.75) is 19.1 Å². The minimum atomic E-state index is -0.200. The number of hydrogen-bond acceptors (Lipinski definition) is 4. The zero-order valence-electron chi connectivity index (χ0n) is 16.4. The summed E-state index contributed by atoms with van der Waals surface area (Å²) in [6, 6.07) is 21.8. The Labute approximate surface area is 193 Å². The van der Waals surface area contributed by atoms with Crippen molar-refractivity contribution < 1.29 is 9.84 Å². The molecule has 0 saturated heterocycles. The van der Waals surface area contributed by atoms with Crippen molar-refractivity contribution in [3.8, 4) is 11.5 Å². The first-order valence-electron chi connectivity index (χ1n) is 9.75. The van der Waals surface area contributed by atoms with E-state index in [-0.39, 0.29) is 18.0 Å². The summed E-state index contributed by atoms with van der Waals surface area (Å²) in [6.07, 6.45) is 1.97. The highest BCUT2D eigenvalue weighted by atomic mass is 79.9. The first-order valence-corrected chi connectivity index (χ1v) is 11.3. The minimum Gasteiger partial charge on any atom is -0.504 e. The van der Waals surface area contributed by atoms with Gasteiger partial charge in [0, 0.05) is 20.2 Å². The maximum Gasteiger partial charge on any atom is 0.162 e. The molecule has 3 aromatic carbocycles. The van der Waals surface area contributed by atoms with Crippen LogP contribution < -0.4 is 15.4 Å². The third-order valence-electron chi connectivity index (χ3n) is 4.98. The normalized spacial score (nSPS) is 18.4. The maximum atomic E-state index is 10.8. The van der Waals surface area contributed by atoms with Crippen LogP contribution in [0.3, 0.4) is 0 Å². The second-order valence-electron chi connectivity index (χ2n) is 6.99. The molecule has 2 unspecified atom stereocenters. The molecule has 0 fully saturated rings. The van der Waals surface area contributed by atoms with Gasteiger partial charge in [0.25, 0.3) is 0 Å². The fourth-order valence-corrected chi connectivity index (χ4v) is 4.22. The third-order valence-corrected chi connectivity index (χ3v) is 6.01. The lowest BCUT2D eigenvalue weighted by molar-refractivity contribution is 0.314. The Balaban J connectivity index is 1.77. The van der Waals surface area contributed by atoms with E-state index < -0.39 is 0 Å². The van der Waals surface area contributed by atoms with E-state index in [0.29, 0.717) is 12.4 Å². The number of halogens is 2. The van der Waals surface area contributed by atoms with Crippen LogP contribution in [0.2, 0.25) is 0 Å². The average Bonchev–Trinajstić information content (AvgIpc) is 2.75. The van der Waals surface area contributed by atoms with E-state index in [2.05, 4.69) is 72.8 Å².